The fourth-order valence-corrected chi connectivity index (χ4v) is 3.38. The fourth-order valence-electron chi connectivity index (χ4n) is 3.20. The molecule has 0 bridgehead atoms. The van der Waals surface area contributed by atoms with E-state index in [1.807, 2.05) is 60.7 Å². The molecule has 152 valence electrons. The Bertz CT molecular complexity index is 1190. The van der Waals surface area contributed by atoms with E-state index in [2.05, 4.69) is 5.32 Å². The molecule has 0 spiro atoms. The SMILES string of the molecule is COc1cc(-c2nc(Nc3ccccc3Cl)c3ccccc3n2)cc(OC)c1OC. The molecular weight excluding hydrogens is 402 g/mol. The van der Waals surface area contributed by atoms with Crippen molar-refractivity contribution in [2.45, 2.75) is 0 Å². The molecule has 1 heterocycles. The molecule has 4 rings (SSSR count). The highest BCUT2D eigenvalue weighted by atomic mass is 35.5. The van der Waals surface area contributed by atoms with Crippen LogP contribution in [0.15, 0.2) is 60.7 Å². The predicted molar refractivity (Wildman–Crippen MR) is 119 cm³/mol. The van der Waals surface area contributed by atoms with E-state index >= 15 is 0 Å². The Labute approximate surface area is 179 Å². The van der Waals surface area contributed by atoms with Gasteiger partial charge in [0.1, 0.15) is 5.82 Å². The van der Waals surface area contributed by atoms with Crippen LogP contribution in [0.4, 0.5) is 11.5 Å². The zero-order chi connectivity index (χ0) is 21.1. The first-order valence-corrected chi connectivity index (χ1v) is 9.61. The number of aromatic nitrogens is 2. The van der Waals surface area contributed by atoms with Crippen LogP contribution < -0.4 is 19.5 Å². The largest absolute Gasteiger partial charge is 0.493 e. The molecule has 0 saturated carbocycles. The number of ether oxygens (including phenoxy) is 3. The predicted octanol–water partition coefficient (Wildman–Crippen LogP) is 5.72. The average Bonchev–Trinajstić information content (AvgIpc) is 2.79. The van der Waals surface area contributed by atoms with E-state index in [1.54, 1.807) is 21.3 Å². The van der Waals surface area contributed by atoms with Crippen LogP contribution in [-0.4, -0.2) is 31.3 Å². The van der Waals surface area contributed by atoms with Gasteiger partial charge in [0.15, 0.2) is 17.3 Å². The number of hydrogen-bond acceptors (Lipinski definition) is 6. The summed E-state index contributed by atoms with van der Waals surface area (Å²) >= 11 is 6.34. The first-order chi connectivity index (χ1) is 14.6. The van der Waals surface area contributed by atoms with Gasteiger partial charge in [0.05, 0.1) is 37.6 Å². The van der Waals surface area contributed by atoms with Gasteiger partial charge >= 0.3 is 0 Å². The number of hydrogen-bond donors (Lipinski definition) is 1. The van der Waals surface area contributed by atoms with Gasteiger partial charge in [-0.2, -0.15) is 0 Å². The molecule has 0 amide bonds. The van der Waals surface area contributed by atoms with Crippen LogP contribution in [-0.2, 0) is 0 Å². The average molecular weight is 422 g/mol. The zero-order valence-electron chi connectivity index (χ0n) is 16.8. The van der Waals surface area contributed by atoms with Crippen molar-refractivity contribution in [2.75, 3.05) is 26.6 Å². The summed E-state index contributed by atoms with van der Waals surface area (Å²) in [5, 5.41) is 4.82. The highest BCUT2D eigenvalue weighted by molar-refractivity contribution is 6.33. The summed E-state index contributed by atoms with van der Waals surface area (Å²) in [7, 11) is 4.72. The van der Waals surface area contributed by atoms with Gasteiger partial charge < -0.3 is 19.5 Å². The maximum absolute atomic E-state index is 6.34. The number of fused-ring (bicyclic) bond motifs is 1. The third kappa shape index (κ3) is 3.69. The van der Waals surface area contributed by atoms with E-state index in [0.29, 0.717) is 33.9 Å². The second-order valence-corrected chi connectivity index (χ2v) is 6.84. The summed E-state index contributed by atoms with van der Waals surface area (Å²) in [5.41, 5.74) is 2.29. The van der Waals surface area contributed by atoms with Crippen LogP contribution in [0, 0.1) is 0 Å². The minimum atomic E-state index is 0.513. The van der Waals surface area contributed by atoms with E-state index in [9.17, 15) is 0 Å². The number of anilines is 2. The molecule has 7 heteroatoms. The van der Waals surface area contributed by atoms with Crippen molar-refractivity contribution in [2.24, 2.45) is 0 Å². The standard InChI is InChI=1S/C23H20ClN3O3/c1-28-19-12-14(13-20(29-2)21(19)30-3)22-25-17-10-6-4-8-15(17)23(27-22)26-18-11-7-5-9-16(18)24/h4-13H,1-3H3,(H,25,26,27). The normalized spacial score (nSPS) is 10.7. The van der Waals surface area contributed by atoms with Gasteiger partial charge in [-0.3, -0.25) is 0 Å². The van der Waals surface area contributed by atoms with Gasteiger partial charge in [0.25, 0.3) is 0 Å². The number of nitrogens with zero attached hydrogens (tertiary/aromatic N) is 2. The molecule has 0 aliphatic heterocycles. The first kappa shape index (κ1) is 19.8. The Morgan fingerprint density at radius 1 is 0.800 bits per heavy atom. The molecule has 3 aromatic carbocycles. The smallest absolute Gasteiger partial charge is 0.203 e. The summed E-state index contributed by atoms with van der Waals surface area (Å²) in [6, 6.07) is 19.0. The van der Waals surface area contributed by atoms with Crippen molar-refractivity contribution < 1.29 is 14.2 Å². The Morgan fingerprint density at radius 2 is 1.47 bits per heavy atom. The van der Waals surface area contributed by atoms with Crippen LogP contribution in [0.1, 0.15) is 0 Å². The van der Waals surface area contributed by atoms with Gasteiger partial charge in [-0.05, 0) is 36.4 Å². The number of halogens is 1. The van der Waals surface area contributed by atoms with Gasteiger partial charge in [-0.1, -0.05) is 35.9 Å². The number of benzene rings is 3. The molecule has 4 aromatic rings. The molecule has 0 aliphatic rings. The summed E-state index contributed by atoms with van der Waals surface area (Å²) in [6.45, 7) is 0. The minimum absolute atomic E-state index is 0.513. The van der Waals surface area contributed by atoms with Crippen LogP contribution in [0.3, 0.4) is 0 Å². The topological polar surface area (TPSA) is 65.5 Å². The molecule has 0 saturated heterocycles. The summed E-state index contributed by atoms with van der Waals surface area (Å²) in [4.78, 5) is 9.52. The highest BCUT2D eigenvalue weighted by Crippen LogP contribution is 2.41. The molecule has 0 fully saturated rings. The Kier molecular flexibility index (Phi) is 5.59. The van der Waals surface area contributed by atoms with Gasteiger partial charge in [-0.15, -0.1) is 0 Å². The second-order valence-electron chi connectivity index (χ2n) is 6.43. The minimum Gasteiger partial charge on any atom is -0.493 e. The maximum Gasteiger partial charge on any atom is 0.203 e. The maximum atomic E-state index is 6.34. The second kappa shape index (κ2) is 8.47. The Hall–Kier alpha value is -3.51. The number of rotatable bonds is 6. The van der Waals surface area contributed by atoms with E-state index < -0.39 is 0 Å². The lowest BCUT2D eigenvalue weighted by Gasteiger charge is -2.15. The van der Waals surface area contributed by atoms with Gasteiger partial charge in [-0.25, -0.2) is 9.97 Å². The lowest BCUT2D eigenvalue weighted by molar-refractivity contribution is 0.324. The van der Waals surface area contributed by atoms with Crippen LogP contribution in [0.2, 0.25) is 5.02 Å². The van der Waals surface area contributed by atoms with E-state index in [4.69, 9.17) is 35.8 Å². The van der Waals surface area contributed by atoms with Crippen molar-refractivity contribution in [3.8, 4) is 28.6 Å². The van der Waals surface area contributed by atoms with Crippen molar-refractivity contribution in [3.05, 3.63) is 65.7 Å². The van der Waals surface area contributed by atoms with Crippen molar-refractivity contribution >= 4 is 34.0 Å². The lowest BCUT2D eigenvalue weighted by atomic mass is 10.1. The fraction of sp³-hybridized carbons (Fsp3) is 0.130. The molecule has 6 nitrogen and oxygen atoms in total. The molecular formula is C23H20ClN3O3. The summed E-state index contributed by atoms with van der Waals surface area (Å²) in [5.74, 6) is 2.74. The third-order valence-electron chi connectivity index (χ3n) is 4.65. The molecule has 0 radical (unpaired) electrons. The number of nitrogens with one attached hydrogen (secondary N) is 1. The third-order valence-corrected chi connectivity index (χ3v) is 4.98. The van der Waals surface area contributed by atoms with E-state index in [-0.39, 0.29) is 0 Å². The molecule has 0 unspecified atom stereocenters. The first-order valence-electron chi connectivity index (χ1n) is 9.23. The van der Waals surface area contributed by atoms with Crippen LogP contribution >= 0.6 is 11.6 Å². The molecule has 0 aliphatic carbocycles. The lowest BCUT2D eigenvalue weighted by Crippen LogP contribution is -2.01. The molecule has 0 atom stereocenters. The number of methoxy groups -OCH3 is 3. The van der Waals surface area contributed by atoms with E-state index in [0.717, 1.165) is 22.2 Å². The van der Waals surface area contributed by atoms with Gasteiger partial charge in [0.2, 0.25) is 5.75 Å². The van der Waals surface area contributed by atoms with E-state index in [1.165, 1.54) is 0 Å². The van der Waals surface area contributed by atoms with Crippen LogP contribution in [0.5, 0.6) is 17.2 Å². The monoisotopic (exact) mass is 421 g/mol. The van der Waals surface area contributed by atoms with Crippen molar-refractivity contribution in [1.82, 2.24) is 9.97 Å². The van der Waals surface area contributed by atoms with Crippen molar-refractivity contribution in [3.63, 3.8) is 0 Å². The van der Waals surface area contributed by atoms with Gasteiger partial charge in [0, 0.05) is 10.9 Å². The number of para-hydroxylation sites is 2. The Morgan fingerprint density at radius 3 is 2.13 bits per heavy atom. The zero-order valence-corrected chi connectivity index (χ0v) is 17.5. The highest BCUT2D eigenvalue weighted by Gasteiger charge is 2.17. The summed E-state index contributed by atoms with van der Waals surface area (Å²) < 4.78 is 16.4. The molecule has 1 N–H and O–H groups in total. The quantitative estimate of drug-likeness (QED) is 0.429. The molecule has 30 heavy (non-hydrogen) atoms. The Balaban J connectivity index is 1.90. The summed E-state index contributed by atoms with van der Waals surface area (Å²) in [6.07, 6.45) is 0. The van der Waals surface area contributed by atoms with Crippen LogP contribution in [0.25, 0.3) is 22.3 Å². The molecule has 1 aromatic heterocycles. The van der Waals surface area contributed by atoms with Crippen molar-refractivity contribution in [1.29, 1.82) is 0 Å².